The van der Waals surface area contributed by atoms with Gasteiger partial charge >= 0.3 is 0 Å². The van der Waals surface area contributed by atoms with Crippen LogP contribution >= 0.6 is 0 Å². The van der Waals surface area contributed by atoms with Gasteiger partial charge in [-0.3, -0.25) is 4.79 Å². The first kappa shape index (κ1) is 12.7. The fourth-order valence-electron chi connectivity index (χ4n) is 2.18. The first-order valence-corrected chi connectivity index (χ1v) is 6.05. The number of phenolic OH excluding ortho intramolecular Hbond substituents is 2. The van der Waals surface area contributed by atoms with Crippen LogP contribution in [0.2, 0.25) is 0 Å². The molecule has 5 heteroatoms. The first-order chi connectivity index (χ1) is 8.48. The van der Waals surface area contributed by atoms with E-state index in [4.69, 9.17) is 0 Å². The Morgan fingerprint density at radius 1 is 1.22 bits per heavy atom. The smallest absolute Gasteiger partial charge is 0.251 e. The van der Waals surface area contributed by atoms with Crippen LogP contribution < -0.4 is 10.6 Å². The lowest BCUT2D eigenvalue weighted by Gasteiger charge is -2.35. The molecule has 98 valence electrons. The van der Waals surface area contributed by atoms with Crippen LogP contribution in [0.15, 0.2) is 18.2 Å². The highest BCUT2D eigenvalue weighted by Crippen LogP contribution is 2.22. The third-order valence-electron chi connectivity index (χ3n) is 3.29. The third kappa shape index (κ3) is 2.92. The van der Waals surface area contributed by atoms with Gasteiger partial charge in [0, 0.05) is 17.2 Å². The van der Waals surface area contributed by atoms with E-state index >= 15 is 0 Å². The van der Waals surface area contributed by atoms with Gasteiger partial charge in [-0.15, -0.1) is 0 Å². The molecule has 0 aromatic heterocycles. The van der Waals surface area contributed by atoms with E-state index in [9.17, 15) is 15.0 Å². The number of piperidine rings is 1. The fraction of sp³-hybridized carbons (Fsp3) is 0.462. The monoisotopic (exact) mass is 250 g/mol. The third-order valence-corrected chi connectivity index (χ3v) is 3.29. The van der Waals surface area contributed by atoms with E-state index in [0.29, 0.717) is 0 Å². The number of amides is 1. The topological polar surface area (TPSA) is 81.6 Å². The Bertz CT molecular complexity index is 433. The molecule has 0 aliphatic carbocycles. The Labute approximate surface area is 106 Å². The average Bonchev–Trinajstić information content (AvgIpc) is 2.28. The second-order valence-corrected chi connectivity index (χ2v) is 5.00. The maximum absolute atomic E-state index is 12.1. The van der Waals surface area contributed by atoms with Crippen LogP contribution in [0.4, 0.5) is 0 Å². The summed E-state index contributed by atoms with van der Waals surface area (Å²) in [5.41, 5.74) is 0.0379. The zero-order valence-electron chi connectivity index (χ0n) is 10.4. The summed E-state index contributed by atoms with van der Waals surface area (Å²) in [7, 11) is 0. The summed E-state index contributed by atoms with van der Waals surface area (Å²) in [5, 5.41) is 24.9. The Kier molecular flexibility index (Phi) is 3.43. The van der Waals surface area contributed by atoms with Crippen molar-refractivity contribution in [2.24, 2.45) is 0 Å². The van der Waals surface area contributed by atoms with Crippen molar-refractivity contribution in [2.45, 2.75) is 25.3 Å². The second kappa shape index (κ2) is 4.86. The van der Waals surface area contributed by atoms with Crippen LogP contribution in [0.3, 0.4) is 0 Å². The predicted octanol–water partition coefficient (Wildman–Crippen LogP) is 0.970. The largest absolute Gasteiger partial charge is 0.508 e. The number of hydrogen-bond donors (Lipinski definition) is 4. The molecular formula is C13H18N2O3. The second-order valence-electron chi connectivity index (χ2n) is 5.00. The average molecular weight is 250 g/mol. The van der Waals surface area contributed by atoms with E-state index < -0.39 is 0 Å². The molecule has 5 nitrogen and oxygen atoms in total. The summed E-state index contributed by atoms with van der Waals surface area (Å²) in [6, 6.07) is 3.89. The predicted molar refractivity (Wildman–Crippen MR) is 67.7 cm³/mol. The number of aromatic hydroxyl groups is 2. The molecule has 0 bridgehead atoms. The maximum atomic E-state index is 12.1. The van der Waals surface area contributed by atoms with Gasteiger partial charge in [0.1, 0.15) is 11.5 Å². The van der Waals surface area contributed by atoms with Gasteiger partial charge < -0.3 is 20.8 Å². The van der Waals surface area contributed by atoms with E-state index in [-0.39, 0.29) is 28.5 Å². The summed E-state index contributed by atoms with van der Waals surface area (Å²) in [4.78, 5) is 12.1. The normalized spacial score (nSPS) is 18.3. The van der Waals surface area contributed by atoms with Gasteiger partial charge in [0.15, 0.2) is 0 Å². The Balaban J connectivity index is 2.11. The molecule has 2 rings (SSSR count). The zero-order valence-corrected chi connectivity index (χ0v) is 10.4. The van der Waals surface area contributed by atoms with Gasteiger partial charge in [-0.1, -0.05) is 0 Å². The van der Waals surface area contributed by atoms with Crippen molar-refractivity contribution < 1.29 is 15.0 Å². The van der Waals surface area contributed by atoms with Crippen LogP contribution in [0.1, 0.15) is 30.1 Å². The molecule has 1 aromatic carbocycles. The van der Waals surface area contributed by atoms with Gasteiger partial charge in [0.25, 0.3) is 5.91 Å². The fourth-order valence-corrected chi connectivity index (χ4v) is 2.18. The van der Waals surface area contributed by atoms with Crippen molar-refractivity contribution in [3.8, 4) is 11.5 Å². The lowest BCUT2D eigenvalue weighted by molar-refractivity contribution is 0.0886. The van der Waals surface area contributed by atoms with Gasteiger partial charge in [0.05, 0.1) is 0 Å². The molecule has 1 fully saturated rings. The number of benzene rings is 1. The highest BCUT2D eigenvalue weighted by Gasteiger charge is 2.28. The minimum absolute atomic E-state index is 0.115. The Hall–Kier alpha value is -1.75. The standard InChI is InChI=1S/C13H18N2O3/c1-13(2-4-14-5-3-13)15-12(18)9-6-10(16)8-11(17)7-9/h6-8,14,16-17H,2-5H2,1H3,(H,15,18). The van der Waals surface area contributed by atoms with E-state index in [1.165, 1.54) is 18.2 Å². The highest BCUT2D eigenvalue weighted by atomic mass is 16.3. The number of nitrogens with one attached hydrogen (secondary N) is 2. The van der Waals surface area contributed by atoms with Crippen molar-refractivity contribution in [1.29, 1.82) is 0 Å². The molecule has 0 saturated carbocycles. The lowest BCUT2D eigenvalue weighted by Crippen LogP contribution is -2.52. The molecule has 1 amide bonds. The van der Waals surface area contributed by atoms with E-state index in [1.54, 1.807) is 0 Å². The molecule has 1 aromatic rings. The number of carbonyl (C=O) groups excluding carboxylic acids is 1. The number of carbonyl (C=O) groups is 1. The van der Waals surface area contributed by atoms with Crippen molar-refractivity contribution in [3.63, 3.8) is 0 Å². The van der Waals surface area contributed by atoms with Crippen LogP contribution in [-0.4, -0.2) is 34.7 Å². The summed E-state index contributed by atoms with van der Waals surface area (Å²) in [6.07, 6.45) is 1.73. The molecule has 4 N–H and O–H groups in total. The van der Waals surface area contributed by atoms with E-state index in [2.05, 4.69) is 10.6 Å². The van der Waals surface area contributed by atoms with Crippen molar-refractivity contribution >= 4 is 5.91 Å². The number of rotatable bonds is 2. The van der Waals surface area contributed by atoms with E-state index in [1.807, 2.05) is 6.92 Å². The van der Waals surface area contributed by atoms with Crippen LogP contribution in [0.5, 0.6) is 11.5 Å². The molecule has 0 radical (unpaired) electrons. The lowest BCUT2D eigenvalue weighted by atomic mass is 9.90. The van der Waals surface area contributed by atoms with Gasteiger partial charge in [0.2, 0.25) is 0 Å². The summed E-state index contributed by atoms with van der Waals surface area (Å²) in [6.45, 7) is 3.76. The SMILES string of the molecule is CC1(NC(=O)c2cc(O)cc(O)c2)CCNCC1. The van der Waals surface area contributed by atoms with Crippen LogP contribution in [0, 0.1) is 0 Å². The highest BCUT2D eigenvalue weighted by molar-refractivity contribution is 5.95. The summed E-state index contributed by atoms with van der Waals surface area (Å²) in [5.74, 6) is -0.503. The molecule has 1 saturated heterocycles. The number of hydrogen-bond acceptors (Lipinski definition) is 4. The van der Waals surface area contributed by atoms with Gasteiger partial charge in [-0.2, -0.15) is 0 Å². The van der Waals surface area contributed by atoms with Crippen molar-refractivity contribution in [3.05, 3.63) is 23.8 Å². The maximum Gasteiger partial charge on any atom is 0.251 e. The first-order valence-electron chi connectivity index (χ1n) is 6.05. The van der Waals surface area contributed by atoms with Crippen LogP contribution in [0.25, 0.3) is 0 Å². The van der Waals surface area contributed by atoms with Crippen molar-refractivity contribution in [1.82, 2.24) is 10.6 Å². The molecule has 1 heterocycles. The molecular weight excluding hydrogens is 232 g/mol. The molecule has 1 aliphatic heterocycles. The van der Waals surface area contributed by atoms with Crippen molar-refractivity contribution in [2.75, 3.05) is 13.1 Å². The summed E-state index contributed by atoms with van der Waals surface area (Å²) >= 11 is 0. The van der Waals surface area contributed by atoms with Gasteiger partial charge in [-0.25, -0.2) is 0 Å². The van der Waals surface area contributed by atoms with Gasteiger partial charge in [-0.05, 0) is 45.0 Å². The molecule has 0 unspecified atom stereocenters. The molecule has 1 aliphatic rings. The molecule has 0 spiro atoms. The van der Waals surface area contributed by atoms with Crippen LogP contribution in [-0.2, 0) is 0 Å². The zero-order chi connectivity index (χ0) is 13.2. The minimum atomic E-state index is -0.273. The Morgan fingerprint density at radius 2 is 1.78 bits per heavy atom. The molecule has 0 atom stereocenters. The Morgan fingerprint density at radius 3 is 2.33 bits per heavy atom. The quantitative estimate of drug-likeness (QED) is 0.630. The summed E-state index contributed by atoms with van der Waals surface area (Å²) < 4.78 is 0. The number of phenols is 2. The minimum Gasteiger partial charge on any atom is -0.508 e. The molecule has 18 heavy (non-hydrogen) atoms. The van der Waals surface area contributed by atoms with E-state index in [0.717, 1.165) is 25.9 Å².